The molecule has 3 heteroatoms. The van der Waals surface area contributed by atoms with Crippen molar-refractivity contribution in [2.24, 2.45) is 5.92 Å². The third kappa shape index (κ3) is 5.84. The van der Waals surface area contributed by atoms with E-state index in [0.29, 0.717) is 6.61 Å². The summed E-state index contributed by atoms with van der Waals surface area (Å²) in [4.78, 5) is 0. The molecule has 0 aliphatic heterocycles. The molecule has 0 radical (unpaired) electrons. The zero-order valence-corrected chi connectivity index (χ0v) is 21.5. The molecule has 0 amide bonds. The summed E-state index contributed by atoms with van der Waals surface area (Å²) in [6.45, 7) is 3.64. The van der Waals surface area contributed by atoms with Crippen molar-refractivity contribution >= 4 is 21.5 Å². The van der Waals surface area contributed by atoms with Crippen LogP contribution in [-0.4, -0.2) is 20.0 Å². The van der Waals surface area contributed by atoms with Gasteiger partial charge in [0.05, 0.1) is 6.61 Å². The zero-order chi connectivity index (χ0) is 24.6. The van der Waals surface area contributed by atoms with Crippen LogP contribution in [0.2, 0.25) is 0 Å². The molecule has 1 saturated carbocycles. The van der Waals surface area contributed by atoms with E-state index in [1.807, 2.05) is 6.92 Å². The van der Waals surface area contributed by atoms with E-state index < -0.39 is 0 Å². The van der Waals surface area contributed by atoms with E-state index in [0.717, 1.165) is 36.9 Å². The lowest BCUT2D eigenvalue weighted by Gasteiger charge is -2.19. The molecule has 0 aromatic heterocycles. The minimum Gasteiger partial charge on any atom is -0.493 e. The first-order valence-electron chi connectivity index (χ1n) is 13.7. The predicted molar refractivity (Wildman–Crippen MR) is 149 cm³/mol. The fraction of sp³-hybridized carbons (Fsp3) is 0.394. The zero-order valence-electron chi connectivity index (χ0n) is 21.5. The smallest absolute Gasteiger partial charge is 0.189 e. The lowest BCUT2D eigenvalue weighted by atomic mass is 9.93. The summed E-state index contributed by atoms with van der Waals surface area (Å²) >= 11 is 0. The van der Waals surface area contributed by atoms with Crippen LogP contribution in [0.5, 0.6) is 11.5 Å². The average molecular weight is 483 g/mol. The van der Waals surface area contributed by atoms with Crippen LogP contribution in [0.15, 0.2) is 72.8 Å². The molecule has 4 aromatic carbocycles. The van der Waals surface area contributed by atoms with Crippen molar-refractivity contribution in [1.82, 2.24) is 0 Å². The van der Waals surface area contributed by atoms with Crippen molar-refractivity contribution in [3.8, 4) is 11.5 Å². The van der Waals surface area contributed by atoms with Crippen LogP contribution >= 0.6 is 0 Å². The molecular weight excluding hydrogens is 444 g/mol. The topological polar surface area (TPSA) is 27.7 Å². The standard InChI is InChI=1S/C33H38O3/c1-2-34-24-36-33-20-18-27-14-8-10-16-29(27)31(33)23-30-28-15-9-7-13-26(28)17-19-32(30)35-22-21-25-11-5-3-4-6-12-25/h7-10,13-20,25H,2-6,11-12,21-24H2,1H3. The van der Waals surface area contributed by atoms with Gasteiger partial charge < -0.3 is 14.2 Å². The lowest BCUT2D eigenvalue weighted by Crippen LogP contribution is -2.09. The molecule has 188 valence electrons. The molecule has 0 heterocycles. The molecule has 0 bridgehead atoms. The van der Waals surface area contributed by atoms with E-state index >= 15 is 0 Å². The summed E-state index contributed by atoms with van der Waals surface area (Å²) in [6.07, 6.45) is 10.1. The van der Waals surface area contributed by atoms with Crippen molar-refractivity contribution in [1.29, 1.82) is 0 Å². The van der Waals surface area contributed by atoms with Gasteiger partial charge in [-0.2, -0.15) is 0 Å². The summed E-state index contributed by atoms with van der Waals surface area (Å²) in [5.41, 5.74) is 2.41. The van der Waals surface area contributed by atoms with Gasteiger partial charge in [0.2, 0.25) is 0 Å². The monoisotopic (exact) mass is 482 g/mol. The van der Waals surface area contributed by atoms with E-state index in [4.69, 9.17) is 14.2 Å². The Morgan fingerprint density at radius 3 is 1.86 bits per heavy atom. The van der Waals surface area contributed by atoms with Crippen molar-refractivity contribution in [3.63, 3.8) is 0 Å². The number of hydrogen-bond donors (Lipinski definition) is 0. The normalized spacial score (nSPS) is 14.7. The Balaban J connectivity index is 1.48. The van der Waals surface area contributed by atoms with E-state index in [1.165, 1.54) is 71.2 Å². The molecule has 0 unspecified atom stereocenters. The SMILES string of the molecule is CCOCOc1ccc2ccccc2c1Cc1c(OCCC2CCCCCC2)ccc2ccccc12. The van der Waals surface area contributed by atoms with Crippen LogP contribution in [0.3, 0.4) is 0 Å². The second-order valence-electron chi connectivity index (χ2n) is 9.95. The molecule has 0 N–H and O–H groups in total. The molecule has 1 fully saturated rings. The molecule has 5 rings (SSSR count). The minimum absolute atomic E-state index is 0.252. The Kier molecular flexibility index (Phi) is 8.40. The van der Waals surface area contributed by atoms with Crippen molar-refractivity contribution < 1.29 is 14.2 Å². The molecule has 4 aromatic rings. The van der Waals surface area contributed by atoms with Crippen molar-refractivity contribution in [2.75, 3.05) is 20.0 Å². The molecule has 36 heavy (non-hydrogen) atoms. The number of benzene rings is 4. The second kappa shape index (κ2) is 12.3. The average Bonchev–Trinajstić information content (AvgIpc) is 3.19. The lowest BCUT2D eigenvalue weighted by molar-refractivity contribution is 0.0220. The molecule has 3 nitrogen and oxygen atoms in total. The van der Waals surface area contributed by atoms with Gasteiger partial charge in [-0.3, -0.25) is 0 Å². The maximum Gasteiger partial charge on any atom is 0.189 e. The maximum atomic E-state index is 6.55. The summed E-state index contributed by atoms with van der Waals surface area (Å²) in [5, 5.41) is 4.91. The fourth-order valence-electron chi connectivity index (χ4n) is 5.62. The Bertz CT molecular complexity index is 1270. The Morgan fingerprint density at radius 1 is 0.667 bits per heavy atom. The van der Waals surface area contributed by atoms with Crippen LogP contribution in [0.25, 0.3) is 21.5 Å². The summed E-state index contributed by atoms with van der Waals surface area (Å²) in [6, 6.07) is 25.7. The van der Waals surface area contributed by atoms with Crippen molar-refractivity contribution in [3.05, 3.63) is 83.9 Å². The highest BCUT2D eigenvalue weighted by Gasteiger charge is 2.17. The molecule has 1 aliphatic carbocycles. The van der Waals surface area contributed by atoms with Gasteiger partial charge >= 0.3 is 0 Å². The van der Waals surface area contributed by atoms with Gasteiger partial charge in [0.15, 0.2) is 6.79 Å². The van der Waals surface area contributed by atoms with Crippen LogP contribution in [0.4, 0.5) is 0 Å². The highest BCUT2D eigenvalue weighted by Crippen LogP contribution is 2.36. The Morgan fingerprint density at radius 2 is 1.25 bits per heavy atom. The molecule has 0 saturated heterocycles. The van der Waals surface area contributed by atoms with Gasteiger partial charge in [0, 0.05) is 24.2 Å². The second-order valence-corrected chi connectivity index (χ2v) is 9.95. The van der Waals surface area contributed by atoms with Crippen LogP contribution in [0.1, 0.15) is 63.0 Å². The Labute approximate surface area is 215 Å². The van der Waals surface area contributed by atoms with Crippen LogP contribution < -0.4 is 9.47 Å². The summed E-state index contributed by atoms with van der Waals surface area (Å²) in [5.74, 6) is 2.67. The van der Waals surface area contributed by atoms with Gasteiger partial charge in [0.25, 0.3) is 0 Å². The number of fused-ring (bicyclic) bond motifs is 2. The van der Waals surface area contributed by atoms with E-state index in [9.17, 15) is 0 Å². The van der Waals surface area contributed by atoms with E-state index in [1.54, 1.807) is 0 Å². The third-order valence-electron chi connectivity index (χ3n) is 7.61. The van der Waals surface area contributed by atoms with Crippen LogP contribution in [0, 0.1) is 5.92 Å². The highest BCUT2D eigenvalue weighted by atomic mass is 16.7. The van der Waals surface area contributed by atoms with E-state index in [2.05, 4.69) is 72.8 Å². The van der Waals surface area contributed by atoms with Gasteiger partial charge in [-0.15, -0.1) is 0 Å². The number of hydrogen-bond acceptors (Lipinski definition) is 3. The molecule has 1 aliphatic rings. The van der Waals surface area contributed by atoms with Gasteiger partial charge in [-0.05, 0) is 52.9 Å². The first-order chi connectivity index (χ1) is 17.8. The molecule has 0 spiro atoms. The fourth-order valence-corrected chi connectivity index (χ4v) is 5.62. The van der Waals surface area contributed by atoms with Gasteiger partial charge in [-0.1, -0.05) is 99.2 Å². The predicted octanol–water partition coefficient (Wildman–Crippen LogP) is 8.70. The Hall–Kier alpha value is -3.04. The quantitative estimate of drug-likeness (QED) is 0.128. The number of rotatable bonds is 10. The first kappa shape index (κ1) is 24.6. The minimum atomic E-state index is 0.252. The first-order valence-corrected chi connectivity index (χ1v) is 13.7. The van der Waals surface area contributed by atoms with E-state index in [-0.39, 0.29) is 6.79 Å². The van der Waals surface area contributed by atoms with Gasteiger partial charge in [0.1, 0.15) is 11.5 Å². The van der Waals surface area contributed by atoms with Gasteiger partial charge in [-0.25, -0.2) is 0 Å². The molecular formula is C33H38O3. The largest absolute Gasteiger partial charge is 0.493 e. The summed E-state index contributed by atoms with van der Waals surface area (Å²) in [7, 11) is 0. The molecule has 0 atom stereocenters. The summed E-state index contributed by atoms with van der Waals surface area (Å²) < 4.78 is 18.2. The highest BCUT2D eigenvalue weighted by molar-refractivity contribution is 5.91. The van der Waals surface area contributed by atoms with Crippen molar-refractivity contribution in [2.45, 2.75) is 58.3 Å². The number of ether oxygens (including phenoxy) is 3. The third-order valence-corrected chi connectivity index (χ3v) is 7.61. The van der Waals surface area contributed by atoms with Crippen LogP contribution in [-0.2, 0) is 11.2 Å². The maximum absolute atomic E-state index is 6.55.